The van der Waals surface area contributed by atoms with E-state index in [1.807, 2.05) is 49.9 Å². The minimum Gasteiger partial charge on any atom is -0.444 e. The molecule has 0 spiro atoms. The number of nitrogen functional groups attached to an aromatic ring is 1. The molecule has 3 N–H and O–H groups in total. The van der Waals surface area contributed by atoms with Gasteiger partial charge in [0.05, 0.1) is 18.1 Å². The number of hydrogen-bond donors (Lipinski definition) is 2. The molecule has 2 aliphatic rings. The molecule has 4 rings (SSSR count). The number of rotatable bonds is 6. The number of anilines is 1. The second-order valence-electron chi connectivity index (χ2n) is 12.1. The Morgan fingerprint density at radius 1 is 1.14 bits per heavy atom. The van der Waals surface area contributed by atoms with Crippen LogP contribution in [0.25, 0.3) is 0 Å². The lowest BCUT2D eigenvalue weighted by molar-refractivity contribution is 0.0436. The Balaban J connectivity index is 1.56. The van der Waals surface area contributed by atoms with E-state index in [0.717, 1.165) is 24.0 Å². The molecular formula is C29H39N3O4. The molecule has 1 heterocycles. The van der Waals surface area contributed by atoms with E-state index in [1.54, 1.807) is 0 Å². The summed E-state index contributed by atoms with van der Waals surface area (Å²) in [5.41, 5.74) is 8.91. The fraction of sp³-hybridized carbons (Fsp3) is 0.517. The zero-order chi connectivity index (χ0) is 26.3. The predicted octanol–water partition coefficient (Wildman–Crippen LogP) is 5.51. The van der Waals surface area contributed by atoms with Crippen LogP contribution in [0, 0.1) is 0 Å². The Morgan fingerprint density at radius 3 is 2.39 bits per heavy atom. The summed E-state index contributed by atoms with van der Waals surface area (Å²) in [5.74, 6) is 0. The maximum absolute atomic E-state index is 13.2. The molecule has 194 valence electrons. The van der Waals surface area contributed by atoms with E-state index in [2.05, 4.69) is 50.4 Å². The van der Waals surface area contributed by atoms with Gasteiger partial charge >= 0.3 is 12.2 Å². The number of nitrogens with one attached hydrogen (secondary N) is 1. The number of amides is 2. The van der Waals surface area contributed by atoms with Crippen LogP contribution in [0.3, 0.4) is 0 Å². The molecule has 2 fully saturated rings. The van der Waals surface area contributed by atoms with Crippen molar-refractivity contribution < 1.29 is 19.1 Å². The fourth-order valence-electron chi connectivity index (χ4n) is 4.79. The SMILES string of the molecule is CC(C)(C)OC(=O)N[C@@H](Cc1ccc(N)cc1)[C@H]1CN(C2(c3cccc(C(C)(C)C)c3)CC2)C(=O)O1. The first-order valence-corrected chi connectivity index (χ1v) is 12.7. The summed E-state index contributed by atoms with van der Waals surface area (Å²) in [7, 11) is 0. The lowest BCUT2D eigenvalue weighted by Crippen LogP contribution is -2.48. The lowest BCUT2D eigenvalue weighted by atomic mass is 9.85. The highest BCUT2D eigenvalue weighted by Crippen LogP contribution is 2.53. The zero-order valence-electron chi connectivity index (χ0n) is 22.3. The maximum atomic E-state index is 13.2. The van der Waals surface area contributed by atoms with Crippen molar-refractivity contribution in [2.24, 2.45) is 0 Å². The third-order valence-electron chi connectivity index (χ3n) is 6.93. The first kappa shape index (κ1) is 25.9. The molecule has 2 atom stereocenters. The van der Waals surface area contributed by atoms with Crippen LogP contribution >= 0.6 is 0 Å². The number of ether oxygens (including phenoxy) is 2. The van der Waals surface area contributed by atoms with Crippen molar-refractivity contribution in [3.63, 3.8) is 0 Å². The molecule has 2 amide bonds. The van der Waals surface area contributed by atoms with Gasteiger partial charge in [0.1, 0.15) is 11.7 Å². The van der Waals surface area contributed by atoms with Gasteiger partial charge in [-0.15, -0.1) is 0 Å². The van der Waals surface area contributed by atoms with E-state index in [1.165, 1.54) is 5.56 Å². The number of benzene rings is 2. The van der Waals surface area contributed by atoms with Crippen molar-refractivity contribution in [2.75, 3.05) is 12.3 Å². The summed E-state index contributed by atoms with van der Waals surface area (Å²) in [6, 6.07) is 15.6. The minimum atomic E-state index is -0.635. The normalized spacial score (nSPS) is 20.0. The summed E-state index contributed by atoms with van der Waals surface area (Å²) < 4.78 is 11.4. The molecule has 7 nitrogen and oxygen atoms in total. The molecule has 0 bridgehead atoms. The lowest BCUT2D eigenvalue weighted by Gasteiger charge is -2.29. The molecule has 1 saturated heterocycles. The number of alkyl carbamates (subject to hydrolysis) is 1. The van der Waals surface area contributed by atoms with E-state index in [0.29, 0.717) is 18.7 Å². The Labute approximate surface area is 214 Å². The van der Waals surface area contributed by atoms with Crippen LogP contribution in [0.2, 0.25) is 0 Å². The number of carbonyl (C=O) groups is 2. The van der Waals surface area contributed by atoms with Crippen molar-refractivity contribution >= 4 is 17.9 Å². The van der Waals surface area contributed by atoms with E-state index in [-0.39, 0.29) is 17.0 Å². The average Bonchev–Trinajstić information content (AvgIpc) is 3.49. The van der Waals surface area contributed by atoms with Crippen LogP contribution in [0.15, 0.2) is 48.5 Å². The van der Waals surface area contributed by atoms with Crippen molar-refractivity contribution in [3.05, 3.63) is 65.2 Å². The highest BCUT2D eigenvalue weighted by molar-refractivity contribution is 5.73. The van der Waals surface area contributed by atoms with E-state index in [4.69, 9.17) is 15.2 Å². The van der Waals surface area contributed by atoms with Crippen LogP contribution in [-0.2, 0) is 26.8 Å². The Kier molecular flexibility index (Phi) is 6.71. The van der Waals surface area contributed by atoms with Crippen LogP contribution in [0.1, 0.15) is 71.1 Å². The molecule has 1 aliphatic heterocycles. The van der Waals surface area contributed by atoms with Gasteiger partial charge in [0.2, 0.25) is 0 Å². The monoisotopic (exact) mass is 493 g/mol. The summed E-state index contributed by atoms with van der Waals surface area (Å²) >= 11 is 0. The molecule has 1 saturated carbocycles. The van der Waals surface area contributed by atoms with Gasteiger partial charge in [-0.1, -0.05) is 57.2 Å². The molecule has 2 aromatic carbocycles. The van der Waals surface area contributed by atoms with Gasteiger partial charge in [0.15, 0.2) is 0 Å². The van der Waals surface area contributed by atoms with Gasteiger partial charge in [-0.05, 0) is 74.3 Å². The maximum Gasteiger partial charge on any atom is 0.411 e. The second-order valence-corrected chi connectivity index (χ2v) is 12.1. The number of carbonyl (C=O) groups excluding carboxylic acids is 2. The predicted molar refractivity (Wildman–Crippen MR) is 141 cm³/mol. The summed E-state index contributed by atoms with van der Waals surface area (Å²) in [4.78, 5) is 27.7. The van der Waals surface area contributed by atoms with Gasteiger partial charge in [-0.3, -0.25) is 4.90 Å². The van der Waals surface area contributed by atoms with Gasteiger partial charge in [0.25, 0.3) is 0 Å². The summed E-state index contributed by atoms with van der Waals surface area (Å²) in [6.45, 7) is 12.4. The highest BCUT2D eigenvalue weighted by atomic mass is 16.6. The van der Waals surface area contributed by atoms with Crippen LogP contribution < -0.4 is 11.1 Å². The van der Waals surface area contributed by atoms with Gasteiger partial charge in [0, 0.05) is 5.69 Å². The smallest absolute Gasteiger partial charge is 0.411 e. The van der Waals surface area contributed by atoms with E-state index in [9.17, 15) is 9.59 Å². The highest BCUT2D eigenvalue weighted by Gasteiger charge is 2.56. The third-order valence-corrected chi connectivity index (χ3v) is 6.93. The average molecular weight is 494 g/mol. The van der Waals surface area contributed by atoms with Gasteiger partial charge in [-0.2, -0.15) is 0 Å². The summed E-state index contributed by atoms with van der Waals surface area (Å²) in [5, 5.41) is 2.96. The second kappa shape index (κ2) is 9.34. The Bertz CT molecular complexity index is 1110. The standard InChI is InChI=1S/C29H39N3O4/c1-27(2,3)20-8-7-9-21(17-20)29(14-15-29)32-18-24(35-26(32)34)23(31-25(33)36-28(4,5)6)16-19-10-12-22(30)13-11-19/h7-13,17,23-24H,14-16,18,30H2,1-6H3,(H,31,33)/t23-,24+/m0/s1. The first-order chi connectivity index (χ1) is 16.8. The molecule has 2 aromatic rings. The van der Waals surface area contributed by atoms with Crippen LogP contribution in [0.5, 0.6) is 0 Å². The molecule has 7 heteroatoms. The number of nitrogens with two attached hydrogens (primary N) is 1. The van der Waals surface area contributed by atoms with Gasteiger partial charge in [-0.25, -0.2) is 9.59 Å². The van der Waals surface area contributed by atoms with Crippen LogP contribution in [0.4, 0.5) is 15.3 Å². The van der Waals surface area contributed by atoms with E-state index >= 15 is 0 Å². The number of cyclic esters (lactones) is 1. The number of hydrogen-bond acceptors (Lipinski definition) is 5. The van der Waals surface area contributed by atoms with Crippen molar-refractivity contribution in [3.8, 4) is 0 Å². The molecule has 0 unspecified atom stereocenters. The molecule has 36 heavy (non-hydrogen) atoms. The summed E-state index contributed by atoms with van der Waals surface area (Å²) in [6.07, 6.45) is 0.890. The van der Waals surface area contributed by atoms with Crippen molar-refractivity contribution in [2.45, 2.75) is 89.5 Å². The van der Waals surface area contributed by atoms with Crippen molar-refractivity contribution in [1.82, 2.24) is 10.2 Å². The molecule has 1 aliphatic carbocycles. The molecular weight excluding hydrogens is 454 g/mol. The fourth-order valence-corrected chi connectivity index (χ4v) is 4.79. The zero-order valence-corrected chi connectivity index (χ0v) is 22.3. The first-order valence-electron chi connectivity index (χ1n) is 12.7. The van der Waals surface area contributed by atoms with Crippen LogP contribution in [-0.4, -0.2) is 41.4 Å². The number of nitrogens with zero attached hydrogens (tertiary/aromatic N) is 1. The molecule has 0 aromatic heterocycles. The topological polar surface area (TPSA) is 93.9 Å². The van der Waals surface area contributed by atoms with Crippen molar-refractivity contribution in [1.29, 1.82) is 0 Å². The molecule has 0 radical (unpaired) electrons. The quantitative estimate of drug-likeness (QED) is 0.518. The minimum absolute atomic E-state index is 0.0155. The Hall–Kier alpha value is -3.22. The Morgan fingerprint density at radius 2 is 1.81 bits per heavy atom. The van der Waals surface area contributed by atoms with Gasteiger partial charge < -0.3 is 20.5 Å². The van der Waals surface area contributed by atoms with E-state index < -0.39 is 23.8 Å². The largest absolute Gasteiger partial charge is 0.444 e. The third kappa shape index (κ3) is 5.77.